The van der Waals surface area contributed by atoms with Crippen molar-refractivity contribution in [1.82, 2.24) is 0 Å². The topological polar surface area (TPSA) is 26.3 Å². The van der Waals surface area contributed by atoms with E-state index in [-0.39, 0.29) is 11.4 Å². The van der Waals surface area contributed by atoms with E-state index in [4.69, 9.17) is 11.2 Å². The fraction of sp³-hybridized carbons (Fsp3) is 0.783. The van der Waals surface area contributed by atoms with Gasteiger partial charge in [0.25, 0.3) is 0 Å². The van der Waals surface area contributed by atoms with Crippen molar-refractivity contribution in [1.29, 1.82) is 0 Å². The first-order valence-electron chi connectivity index (χ1n) is 10.2. The smallest absolute Gasteiger partial charge is 0.304 e. The van der Waals surface area contributed by atoms with Crippen LogP contribution in [0.5, 0.6) is 0 Å². The lowest BCUT2D eigenvalue weighted by atomic mass is 9.45. The number of hydrogen-bond acceptors (Lipinski definition) is 2. The number of terminal acetylenes is 1. The second kappa shape index (κ2) is 5.63. The van der Waals surface area contributed by atoms with Gasteiger partial charge >= 0.3 is 5.97 Å². The highest BCUT2D eigenvalue weighted by Crippen LogP contribution is 2.68. The van der Waals surface area contributed by atoms with Crippen molar-refractivity contribution < 1.29 is 9.53 Å². The van der Waals surface area contributed by atoms with E-state index in [9.17, 15) is 4.79 Å². The average Bonchev–Trinajstić information content (AvgIpc) is 2.87. The summed E-state index contributed by atoms with van der Waals surface area (Å²) in [4.78, 5) is 11.8. The lowest BCUT2D eigenvalue weighted by molar-refractivity contribution is -0.172. The van der Waals surface area contributed by atoms with Crippen LogP contribution in [0.15, 0.2) is 12.2 Å². The molecule has 2 nitrogen and oxygen atoms in total. The Bertz CT molecular complexity index is 643. The van der Waals surface area contributed by atoms with Gasteiger partial charge in [0.1, 0.15) is 0 Å². The average molecular weight is 341 g/mol. The number of esters is 1. The molecule has 0 unspecified atom stereocenters. The third kappa shape index (κ3) is 2.20. The molecule has 7 atom stereocenters. The minimum Gasteiger partial charge on any atom is -0.445 e. The van der Waals surface area contributed by atoms with Crippen molar-refractivity contribution >= 4 is 5.97 Å². The van der Waals surface area contributed by atoms with Crippen LogP contribution >= 0.6 is 0 Å². The van der Waals surface area contributed by atoms with Gasteiger partial charge in [-0.1, -0.05) is 31.9 Å². The highest BCUT2D eigenvalue weighted by Gasteiger charge is 2.65. The van der Waals surface area contributed by atoms with E-state index < -0.39 is 5.60 Å². The first-order chi connectivity index (χ1) is 11.9. The van der Waals surface area contributed by atoms with E-state index in [0.717, 1.165) is 37.0 Å². The molecule has 3 fully saturated rings. The molecule has 0 radical (unpaired) electrons. The van der Waals surface area contributed by atoms with E-state index in [1.165, 1.54) is 39.0 Å². The number of rotatable bonds is 1. The molecule has 0 N–H and O–H groups in total. The van der Waals surface area contributed by atoms with Crippen LogP contribution in [-0.4, -0.2) is 11.6 Å². The minimum absolute atomic E-state index is 0.0533. The predicted molar refractivity (Wildman–Crippen MR) is 99.6 cm³/mol. The largest absolute Gasteiger partial charge is 0.445 e. The Hall–Kier alpha value is -1.23. The van der Waals surface area contributed by atoms with Gasteiger partial charge in [-0.05, 0) is 80.5 Å². The first kappa shape index (κ1) is 17.2. The number of carbonyl (C=O) groups is 1. The maximum absolute atomic E-state index is 11.8. The van der Waals surface area contributed by atoms with Crippen LogP contribution in [0.2, 0.25) is 0 Å². The number of fused-ring (bicyclic) bond motifs is 5. The summed E-state index contributed by atoms with van der Waals surface area (Å²) >= 11 is 0. The van der Waals surface area contributed by atoms with Gasteiger partial charge in [0.05, 0.1) is 0 Å². The van der Waals surface area contributed by atoms with Crippen LogP contribution in [0, 0.1) is 46.8 Å². The fourth-order valence-corrected chi connectivity index (χ4v) is 7.52. The highest BCUT2D eigenvalue weighted by atomic mass is 16.6. The van der Waals surface area contributed by atoms with Gasteiger partial charge in [-0.2, -0.15) is 0 Å². The Labute approximate surface area is 152 Å². The van der Waals surface area contributed by atoms with Gasteiger partial charge in [-0.3, -0.25) is 4.79 Å². The third-order valence-corrected chi connectivity index (χ3v) is 8.88. The van der Waals surface area contributed by atoms with Crippen molar-refractivity contribution in [2.45, 2.75) is 77.7 Å². The molecule has 0 aromatic rings. The van der Waals surface area contributed by atoms with E-state index >= 15 is 0 Å². The normalized spacial score (nSPS) is 51.0. The van der Waals surface area contributed by atoms with Gasteiger partial charge in [-0.25, -0.2) is 0 Å². The van der Waals surface area contributed by atoms with Gasteiger partial charge in [0.2, 0.25) is 0 Å². The first-order valence-corrected chi connectivity index (χ1v) is 10.2. The maximum Gasteiger partial charge on any atom is 0.304 e. The predicted octanol–water partition coefficient (Wildman–Crippen LogP) is 5.13. The standard InChI is InChI=1S/C23H32O2/c1-5-23(25-16(2)24)15-12-20-18-10-9-17-8-6-7-13-21(17,3)19(18)11-14-22(20,23)4/h1,6-7,17-20H,8-15H2,2-4H3/t17-,18+,19-,20-,21-,22-,23-/m0/s1. The van der Waals surface area contributed by atoms with Crippen LogP contribution in [-0.2, 0) is 9.53 Å². The van der Waals surface area contributed by atoms with Crippen LogP contribution in [0.3, 0.4) is 0 Å². The lowest BCUT2D eigenvalue weighted by Gasteiger charge is -2.60. The second-order valence-corrected chi connectivity index (χ2v) is 9.63. The van der Waals surface area contributed by atoms with Crippen LogP contribution < -0.4 is 0 Å². The number of hydrogen-bond donors (Lipinski definition) is 0. The number of allylic oxidation sites excluding steroid dienone is 2. The molecule has 0 aromatic carbocycles. The fourth-order valence-electron chi connectivity index (χ4n) is 7.52. The molecular formula is C23H32O2. The summed E-state index contributed by atoms with van der Waals surface area (Å²) in [7, 11) is 0. The molecule has 2 heteroatoms. The molecule has 25 heavy (non-hydrogen) atoms. The van der Waals surface area contributed by atoms with Crippen molar-refractivity contribution in [2.24, 2.45) is 34.5 Å². The molecule has 4 rings (SSSR count). The SMILES string of the molecule is C#C[C@]1(OC(C)=O)CC[C@H]2[C@@H]3CC[C@@H]4CC=CC[C@]4(C)[C@H]3CC[C@@]21C. The zero-order chi connectivity index (χ0) is 17.9. The lowest BCUT2D eigenvalue weighted by Crippen LogP contribution is -2.56. The quantitative estimate of drug-likeness (QED) is 0.376. The molecule has 0 amide bonds. The summed E-state index contributed by atoms with van der Waals surface area (Å²) in [6.45, 7) is 6.37. The second-order valence-electron chi connectivity index (χ2n) is 9.63. The Kier molecular flexibility index (Phi) is 3.87. The summed E-state index contributed by atoms with van der Waals surface area (Å²) in [6, 6.07) is 0. The van der Waals surface area contributed by atoms with E-state index in [1.807, 2.05) is 0 Å². The molecule has 136 valence electrons. The summed E-state index contributed by atoms with van der Waals surface area (Å²) in [5, 5.41) is 0. The Morgan fingerprint density at radius 3 is 2.60 bits per heavy atom. The van der Waals surface area contributed by atoms with Crippen LogP contribution in [0.1, 0.15) is 72.1 Å². The molecule has 0 bridgehead atoms. The van der Waals surface area contributed by atoms with E-state index in [2.05, 4.69) is 31.9 Å². The summed E-state index contributed by atoms with van der Waals surface area (Å²) < 4.78 is 5.85. The summed E-state index contributed by atoms with van der Waals surface area (Å²) in [6.07, 6.45) is 20.3. The van der Waals surface area contributed by atoms with Crippen LogP contribution in [0.4, 0.5) is 0 Å². The molecule has 0 aromatic heterocycles. The molecule has 0 heterocycles. The van der Waals surface area contributed by atoms with Gasteiger partial charge < -0.3 is 4.74 Å². The monoisotopic (exact) mass is 340 g/mol. The molecule has 4 aliphatic rings. The Morgan fingerprint density at radius 1 is 1.12 bits per heavy atom. The molecule has 0 aliphatic heterocycles. The number of ether oxygens (including phenoxy) is 1. The van der Waals surface area contributed by atoms with E-state index in [1.54, 1.807) is 0 Å². The molecule has 4 aliphatic carbocycles. The summed E-state index contributed by atoms with van der Waals surface area (Å²) in [5.74, 6) is 5.74. The van der Waals surface area contributed by atoms with Crippen LogP contribution in [0.25, 0.3) is 0 Å². The Morgan fingerprint density at radius 2 is 1.88 bits per heavy atom. The molecular weight excluding hydrogens is 308 g/mol. The third-order valence-electron chi connectivity index (χ3n) is 8.88. The minimum atomic E-state index is -0.682. The van der Waals surface area contributed by atoms with E-state index in [0.29, 0.717) is 11.3 Å². The summed E-state index contributed by atoms with van der Waals surface area (Å²) in [5.41, 5.74) is -0.275. The van der Waals surface area contributed by atoms with Crippen molar-refractivity contribution in [2.75, 3.05) is 0 Å². The zero-order valence-corrected chi connectivity index (χ0v) is 16.0. The Balaban J connectivity index is 1.67. The number of carbonyl (C=O) groups excluding carboxylic acids is 1. The molecule has 3 saturated carbocycles. The molecule has 0 spiro atoms. The maximum atomic E-state index is 11.8. The van der Waals surface area contributed by atoms with Gasteiger partial charge in [0, 0.05) is 12.3 Å². The highest BCUT2D eigenvalue weighted by molar-refractivity contribution is 5.67. The van der Waals surface area contributed by atoms with Crippen molar-refractivity contribution in [3.05, 3.63) is 12.2 Å². The van der Waals surface area contributed by atoms with Crippen molar-refractivity contribution in [3.63, 3.8) is 0 Å². The van der Waals surface area contributed by atoms with Gasteiger partial charge in [-0.15, -0.1) is 6.42 Å². The van der Waals surface area contributed by atoms with Crippen molar-refractivity contribution in [3.8, 4) is 12.3 Å². The zero-order valence-electron chi connectivity index (χ0n) is 16.0. The van der Waals surface area contributed by atoms with Gasteiger partial charge in [0.15, 0.2) is 5.60 Å². The molecule has 0 saturated heterocycles.